The van der Waals surface area contributed by atoms with Crippen molar-refractivity contribution < 1.29 is 32.0 Å². The normalized spacial score (nSPS) is 16.3. The van der Waals surface area contributed by atoms with E-state index in [2.05, 4.69) is 16.1 Å². The Bertz CT molecular complexity index is 482. The number of hydrogen-bond donors (Lipinski definition) is 2. The maximum atomic E-state index is 10.1. The number of hydrogen-bond acceptors (Lipinski definition) is 6. The number of nitrogens with zero attached hydrogens (tertiary/aromatic N) is 1. The van der Waals surface area contributed by atoms with Gasteiger partial charge in [-0.2, -0.15) is 0 Å². The van der Waals surface area contributed by atoms with Gasteiger partial charge in [-0.25, -0.2) is 18.2 Å². The van der Waals surface area contributed by atoms with Crippen molar-refractivity contribution in [3.8, 4) is 0 Å². The van der Waals surface area contributed by atoms with Crippen molar-refractivity contribution in [1.82, 2.24) is 0 Å². The van der Waals surface area contributed by atoms with E-state index in [1.54, 1.807) is 6.34 Å². The summed E-state index contributed by atoms with van der Waals surface area (Å²) >= 11 is 0. The van der Waals surface area contributed by atoms with Crippen molar-refractivity contribution in [3.05, 3.63) is 0 Å². The van der Waals surface area contributed by atoms with Crippen LogP contribution in [0.5, 0.6) is 0 Å². The third kappa shape index (κ3) is 19.3. The molecule has 154 valence electrons. The molecule has 0 saturated carbocycles. The van der Waals surface area contributed by atoms with Gasteiger partial charge in [-0.05, 0) is 6.42 Å². The number of aliphatic imine (C=N–C) groups is 1. The molecule has 0 bridgehead atoms. The van der Waals surface area contributed by atoms with Crippen molar-refractivity contribution in [3.63, 3.8) is 0 Å². The van der Waals surface area contributed by atoms with E-state index in [0.29, 0.717) is 6.42 Å². The molecule has 1 heterocycles. The van der Waals surface area contributed by atoms with Gasteiger partial charge in [0.05, 0.1) is 13.2 Å². The average Bonchev–Trinajstić information content (AvgIpc) is 3.04. The number of quaternary nitrogens is 1. The Balaban J connectivity index is 0.000000577. The van der Waals surface area contributed by atoms with E-state index in [0.717, 1.165) is 30.8 Å². The molecule has 1 aliphatic heterocycles. The summed E-state index contributed by atoms with van der Waals surface area (Å²) in [6.45, 7) is 3.99. The minimum Gasteiger partial charge on any atom is -0.726 e. The van der Waals surface area contributed by atoms with Gasteiger partial charge >= 0.3 is 5.97 Å². The quantitative estimate of drug-likeness (QED) is 0.261. The first-order valence-corrected chi connectivity index (χ1v) is 10.8. The molecule has 9 heteroatoms. The number of carbonyl (C=O) groups is 1. The molecule has 0 spiro atoms. The fraction of sp³-hybridized carbons (Fsp3) is 0.882. The lowest BCUT2D eigenvalue weighted by Gasteiger charge is -2.06. The van der Waals surface area contributed by atoms with Crippen LogP contribution >= 0.6 is 0 Å². The van der Waals surface area contributed by atoms with Crippen LogP contribution in [0.15, 0.2) is 4.99 Å². The van der Waals surface area contributed by atoms with E-state index in [4.69, 9.17) is 5.11 Å². The molecular formula is C17H34N2O6S. The summed E-state index contributed by atoms with van der Waals surface area (Å²) in [4.78, 5) is 14.9. The van der Waals surface area contributed by atoms with Gasteiger partial charge in [-0.3, -0.25) is 9.08 Å². The molecule has 0 radical (unpaired) electrons. The SMILES string of the molecule is CCCCCCCCCCCCOS(=O)(=O)[O-].O=C(O)C[NH+]1C=NCC1. The summed E-state index contributed by atoms with van der Waals surface area (Å²) in [6.07, 6.45) is 13.4. The first kappa shape index (κ1) is 25.0. The fourth-order valence-corrected chi connectivity index (χ4v) is 2.87. The van der Waals surface area contributed by atoms with Gasteiger partial charge in [0.1, 0.15) is 6.54 Å². The van der Waals surface area contributed by atoms with Crippen LogP contribution in [0.2, 0.25) is 0 Å². The average molecular weight is 395 g/mol. The number of carboxylic acids is 1. The maximum Gasteiger partial charge on any atom is 0.359 e. The van der Waals surface area contributed by atoms with Crippen molar-refractivity contribution in [1.29, 1.82) is 0 Å². The Morgan fingerprint density at radius 1 is 1.12 bits per heavy atom. The molecule has 0 aromatic carbocycles. The highest BCUT2D eigenvalue weighted by Crippen LogP contribution is 2.10. The van der Waals surface area contributed by atoms with Crippen LogP contribution in [0.4, 0.5) is 0 Å². The summed E-state index contributed by atoms with van der Waals surface area (Å²) < 4.78 is 34.5. The van der Waals surface area contributed by atoms with Crippen molar-refractivity contribution >= 4 is 22.7 Å². The van der Waals surface area contributed by atoms with Gasteiger partial charge in [0.2, 0.25) is 10.4 Å². The molecule has 26 heavy (non-hydrogen) atoms. The van der Waals surface area contributed by atoms with Crippen LogP contribution in [0.3, 0.4) is 0 Å². The van der Waals surface area contributed by atoms with Gasteiger partial charge in [0.25, 0.3) is 0 Å². The molecule has 0 aromatic heterocycles. The molecule has 8 nitrogen and oxygen atoms in total. The van der Waals surface area contributed by atoms with Crippen molar-refractivity contribution in [2.24, 2.45) is 4.99 Å². The Morgan fingerprint density at radius 3 is 2.08 bits per heavy atom. The maximum absolute atomic E-state index is 10.1. The highest BCUT2D eigenvalue weighted by molar-refractivity contribution is 7.80. The van der Waals surface area contributed by atoms with E-state index in [1.165, 1.54) is 44.9 Å². The van der Waals surface area contributed by atoms with Crippen LogP contribution in [0.1, 0.15) is 71.1 Å². The van der Waals surface area contributed by atoms with Gasteiger partial charge in [0.15, 0.2) is 12.9 Å². The monoisotopic (exact) mass is 394 g/mol. The van der Waals surface area contributed by atoms with Crippen molar-refractivity contribution in [2.45, 2.75) is 71.1 Å². The second-order valence-corrected chi connectivity index (χ2v) is 7.48. The van der Waals surface area contributed by atoms with Crippen LogP contribution in [0.25, 0.3) is 0 Å². The molecule has 1 unspecified atom stereocenters. The van der Waals surface area contributed by atoms with Crippen LogP contribution in [-0.2, 0) is 19.4 Å². The second-order valence-electron chi connectivity index (χ2n) is 6.43. The third-order valence-electron chi connectivity index (χ3n) is 3.94. The fourth-order valence-electron chi connectivity index (χ4n) is 2.55. The minimum atomic E-state index is -4.48. The second kappa shape index (κ2) is 16.2. The van der Waals surface area contributed by atoms with E-state index >= 15 is 0 Å². The molecule has 1 atom stereocenters. The predicted molar refractivity (Wildman–Crippen MR) is 99.2 cm³/mol. The third-order valence-corrected chi connectivity index (χ3v) is 4.40. The summed E-state index contributed by atoms with van der Waals surface area (Å²) in [7, 11) is -4.48. The molecule has 1 rings (SSSR count). The van der Waals surface area contributed by atoms with E-state index in [1.807, 2.05) is 0 Å². The van der Waals surface area contributed by atoms with Crippen LogP contribution < -0.4 is 4.90 Å². The lowest BCUT2D eigenvalue weighted by molar-refractivity contribution is -0.782. The molecule has 0 amide bonds. The van der Waals surface area contributed by atoms with Gasteiger partial charge < -0.3 is 9.66 Å². The number of nitrogens with one attached hydrogen (secondary N) is 1. The van der Waals surface area contributed by atoms with Crippen LogP contribution in [0, 0.1) is 0 Å². The van der Waals surface area contributed by atoms with E-state index < -0.39 is 16.4 Å². The highest BCUT2D eigenvalue weighted by Gasteiger charge is 2.13. The number of aliphatic carboxylic acids is 1. The zero-order valence-corrected chi connectivity index (χ0v) is 16.6. The summed E-state index contributed by atoms with van der Waals surface area (Å²) in [6, 6.07) is 0. The van der Waals surface area contributed by atoms with E-state index in [-0.39, 0.29) is 13.2 Å². The predicted octanol–water partition coefficient (Wildman–Crippen LogP) is 1.38. The lowest BCUT2D eigenvalue weighted by Crippen LogP contribution is -3.10. The Kier molecular flexibility index (Phi) is 15.5. The smallest absolute Gasteiger partial charge is 0.359 e. The highest BCUT2D eigenvalue weighted by atomic mass is 32.3. The molecular weight excluding hydrogens is 360 g/mol. The molecule has 0 fully saturated rings. The van der Waals surface area contributed by atoms with Gasteiger partial charge in [-0.15, -0.1) is 0 Å². The molecule has 0 saturated heterocycles. The zero-order valence-electron chi connectivity index (χ0n) is 15.8. The Morgan fingerprint density at radius 2 is 1.65 bits per heavy atom. The lowest BCUT2D eigenvalue weighted by atomic mass is 10.1. The van der Waals surface area contributed by atoms with Crippen LogP contribution in [-0.4, -0.2) is 56.6 Å². The zero-order chi connectivity index (χ0) is 19.7. The topological polar surface area (TPSA) is 121 Å². The first-order valence-electron chi connectivity index (χ1n) is 9.51. The van der Waals surface area contributed by atoms with Crippen molar-refractivity contribution in [2.75, 3.05) is 26.2 Å². The molecule has 0 aliphatic carbocycles. The summed E-state index contributed by atoms with van der Waals surface area (Å²) in [5.74, 6) is -0.765. The minimum absolute atomic E-state index is 0.0301. The number of carboxylic acid groups (broad SMARTS) is 1. The number of rotatable bonds is 14. The first-order chi connectivity index (χ1) is 12.3. The number of unbranched alkanes of at least 4 members (excludes halogenated alkanes) is 9. The van der Waals surface area contributed by atoms with Gasteiger partial charge in [0, 0.05) is 0 Å². The standard InChI is InChI=1S/C12H26O4S.C5H8N2O2/c1-2-3-4-5-6-7-8-9-10-11-12-16-17(13,14)15;8-5(9)3-7-2-1-6-4-7/h2-12H2,1H3,(H,13,14,15);4H,1-3H2,(H,8,9). The Labute approximate surface area is 157 Å². The van der Waals surface area contributed by atoms with E-state index in [9.17, 15) is 17.8 Å². The Hall–Kier alpha value is -1.03. The molecule has 2 N–H and O–H groups in total. The molecule has 1 aliphatic rings. The van der Waals surface area contributed by atoms with Gasteiger partial charge in [-0.1, -0.05) is 64.7 Å². The summed E-state index contributed by atoms with van der Waals surface area (Å²) in [5, 5.41) is 8.29. The summed E-state index contributed by atoms with van der Waals surface area (Å²) in [5.41, 5.74) is 0. The largest absolute Gasteiger partial charge is 0.726 e. The molecule has 0 aromatic rings.